The van der Waals surface area contributed by atoms with Gasteiger partial charge in [0.1, 0.15) is 5.04 Å². The van der Waals surface area contributed by atoms with Crippen molar-refractivity contribution in [3.8, 4) is 0 Å². The van der Waals surface area contributed by atoms with Crippen molar-refractivity contribution in [2.24, 2.45) is 4.99 Å². The minimum Gasteiger partial charge on any atom is -0.481 e. The normalized spacial score (nSPS) is 23.5. The molecule has 0 saturated carbocycles. The van der Waals surface area contributed by atoms with Crippen LogP contribution in [0.15, 0.2) is 29.5 Å². The van der Waals surface area contributed by atoms with Gasteiger partial charge in [-0.25, -0.2) is 0 Å². The minimum absolute atomic E-state index is 0.0975. The molecule has 0 radical (unpaired) electrons. The molecule has 1 aliphatic heterocycles. The number of rotatable bonds is 4. The van der Waals surface area contributed by atoms with Crippen molar-refractivity contribution in [2.75, 3.05) is 5.75 Å². The van der Waals surface area contributed by atoms with E-state index in [4.69, 9.17) is 5.11 Å². The van der Waals surface area contributed by atoms with Gasteiger partial charge < -0.3 is 5.11 Å². The van der Waals surface area contributed by atoms with Crippen LogP contribution in [0, 0.1) is 0 Å². The number of carbonyl (C=O) groups is 1. The molecule has 0 spiro atoms. The second-order valence-electron chi connectivity index (χ2n) is 4.10. The van der Waals surface area contributed by atoms with Crippen LogP contribution in [0.1, 0.15) is 25.3 Å². The third kappa shape index (κ3) is 2.66. The number of aliphatic carboxylic acids is 1. The Kier molecular flexibility index (Phi) is 3.47. The molecular formula is C12H14N2O2S. The lowest BCUT2D eigenvalue weighted by Gasteiger charge is -2.20. The lowest BCUT2D eigenvalue weighted by molar-refractivity contribution is -0.138. The molecule has 2 rings (SSSR count). The Balaban J connectivity index is 2.25. The molecule has 1 aromatic heterocycles. The fourth-order valence-corrected chi connectivity index (χ4v) is 3.12. The quantitative estimate of drug-likeness (QED) is 0.889. The molecular weight excluding hydrogens is 236 g/mol. The Bertz CT molecular complexity index is 447. The highest BCUT2D eigenvalue weighted by atomic mass is 32.2. The van der Waals surface area contributed by atoms with E-state index in [9.17, 15) is 4.79 Å². The number of carboxylic acids is 1. The first-order valence-corrected chi connectivity index (χ1v) is 6.49. The second-order valence-corrected chi connectivity index (χ2v) is 5.06. The maximum atomic E-state index is 10.9. The number of nitrogens with zero attached hydrogens (tertiary/aromatic N) is 2. The zero-order valence-electron chi connectivity index (χ0n) is 9.59. The molecule has 0 amide bonds. The van der Waals surface area contributed by atoms with Crippen molar-refractivity contribution < 1.29 is 9.90 Å². The van der Waals surface area contributed by atoms with Crippen LogP contribution in [0.4, 0.5) is 0 Å². The van der Waals surface area contributed by atoms with E-state index in [0.717, 1.165) is 22.8 Å². The highest BCUT2D eigenvalue weighted by Gasteiger charge is 2.36. The average molecular weight is 250 g/mol. The topological polar surface area (TPSA) is 62.5 Å². The molecule has 0 aromatic carbocycles. The maximum absolute atomic E-state index is 10.9. The van der Waals surface area contributed by atoms with Crippen molar-refractivity contribution in [3.63, 3.8) is 0 Å². The van der Waals surface area contributed by atoms with Crippen molar-refractivity contribution in [3.05, 3.63) is 30.1 Å². The Labute approximate surface area is 104 Å². The van der Waals surface area contributed by atoms with Gasteiger partial charge in [0.2, 0.25) is 0 Å². The summed E-state index contributed by atoms with van der Waals surface area (Å²) < 4.78 is 0. The molecule has 0 aliphatic carbocycles. The molecule has 2 heterocycles. The van der Waals surface area contributed by atoms with Crippen LogP contribution in [0.25, 0.3) is 0 Å². The van der Waals surface area contributed by atoms with Crippen LogP contribution < -0.4 is 0 Å². The van der Waals surface area contributed by atoms with Gasteiger partial charge >= 0.3 is 5.97 Å². The van der Waals surface area contributed by atoms with E-state index in [1.54, 1.807) is 24.2 Å². The smallest absolute Gasteiger partial charge is 0.305 e. The summed E-state index contributed by atoms with van der Waals surface area (Å²) in [5.74, 6) is -0.0522. The van der Waals surface area contributed by atoms with E-state index < -0.39 is 11.5 Å². The highest BCUT2D eigenvalue weighted by Crippen LogP contribution is 2.35. The summed E-state index contributed by atoms with van der Waals surface area (Å²) >= 11 is 1.62. The van der Waals surface area contributed by atoms with Crippen LogP contribution in [-0.4, -0.2) is 32.4 Å². The van der Waals surface area contributed by atoms with Gasteiger partial charge in [0.05, 0.1) is 12.0 Å². The van der Waals surface area contributed by atoms with Crippen molar-refractivity contribution in [1.29, 1.82) is 0 Å². The summed E-state index contributed by atoms with van der Waals surface area (Å²) in [5.41, 5.74) is 0.528. The predicted octanol–water partition coefficient (Wildman–Crippen LogP) is 2.20. The first-order valence-electron chi connectivity index (χ1n) is 5.50. The lowest BCUT2D eigenvalue weighted by Crippen LogP contribution is -2.29. The zero-order valence-corrected chi connectivity index (χ0v) is 10.4. The molecule has 1 N–H and O–H groups in total. The molecule has 1 atom stereocenters. The Morgan fingerprint density at radius 3 is 3.06 bits per heavy atom. The van der Waals surface area contributed by atoms with Crippen molar-refractivity contribution in [2.45, 2.75) is 25.3 Å². The molecule has 1 aliphatic rings. The molecule has 0 bridgehead atoms. The van der Waals surface area contributed by atoms with E-state index in [1.807, 2.05) is 19.1 Å². The Morgan fingerprint density at radius 2 is 2.47 bits per heavy atom. The van der Waals surface area contributed by atoms with Crippen molar-refractivity contribution in [1.82, 2.24) is 4.98 Å². The SMILES string of the molecule is CCC1(CC(=O)O)CSC(c2cccnc2)=N1. The summed E-state index contributed by atoms with van der Waals surface area (Å²) in [6.45, 7) is 1.99. The maximum Gasteiger partial charge on any atom is 0.305 e. The number of pyridine rings is 1. The summed E-state index contributed by atoms with van der Waals surface area (Å²) in [6, 6.07) is 3.81. The van der Waals surface area contributed by atoms with Crippen LogP contribution in [-0.2, 0) is 4.79 Å². The summed E-state index contributed by atoms with van der Waals surface area (Å²) in [4.78, 5) is 19.5. The Morgan fingerprint density at radius 1 is 1.65 bits per heavy atom. The summed E-state index contributed by atoms with van der Waals surface area (Å²) in [7, 11) is 0. The number of hydrogen-bond donors (Lipinski definition) is 1. The number of aliphatic imine (C=N–C) groups is 1. The van der Waals surface area contributed by atoms with Crippen LogP contribution >= 0.6 is 11.8 Å². The zero-order chi connectivity index (χ0) is 12.3. The van der Waals surface area contributed by atoms with Gasteiger partial charge in [-0.15, -0.1) is 11.8 Å². The average Bonchev–Trinajstić information content (AvgIpc) is 2.74. The fraction of sp³-hybridized carbons (Fsp3) is 0.417. The first kappa shape index (κ1) is 12.1. The number of hydrogen-bond acceptors (Lipinski definition) is 4. The third-order valence-electron chi connectivity index (χ3n) is 2.86. The monoisotopic (exact) mass is 250 g/mol. The second kappa shape index (κ2) is 4.87. The largest absolute Gasteiger partial charge is 0.481 e. The molecule has 1 aromatic rings. The fourth-order valence-electron chi connectivity index (χ4n) is 1.80. The van der Waals surface area contributed by atoms with Gasteiger partial charge in [-0.2, -0.15) is 0 Å². The summed E-state index contributed by atoms with van der Waals surface area (Å²) in [6.07, 6.45) is 4.32. The van der Waals surface area contributed by atoms with E-state index >= 15 is 0 Å². The van der Waals surface area contributed by atoms with Gasteiger partial charge in [-0.1, -0.05) is 6.92 Å². The van der Waals surface area contributed by atoms with E-state index in [1.165, 1.54) is 0 Å². The van der Waals surface area contributed by atoms with Crippen molar-refractivity contribution >= 4 is 22.8 Å². The molecule has 0 fully saturated rings. The molecule has 90 valence electrons. The molecule has 1 unspecified atom stereocenters. The standard InChI is InChI=1S/C12H14N2O2S/c1-2-12(6-10(15)16)8-17-11(14-12)9-4-3-5-13-7-9/h3-5,7H,2,6,8H2,1H3,(H,15,16). The van der Waals surface area contributed by atoms with Gasteiger partial charge in [-0.05, 0) is 18.6 Å². The van der Waals surface area contributed by atoms with Gasteiger partial charge in [0, 0.05) is 23.7 Å². The summed E-state index contributed by atoms with van der Waals surface area (Å²) in [5, 5.41) is 9.84. The van der Waals surface area contributed by atoms with Crippen LogP contribution in [0.2, 0.25) is 0 Å². The van der Waals surface area contributed by atoms with Gasteiger partial charge in [-0.3, -0.25) is 14.8 Å². The lowest BCUT2D eigenvalue weighted by atomic mass is 9.95. The first-order chi connectivity index (χ1) is 8.15. The molecule has 0 saturated heterocycles. The van der Waals surface area contributed by atoms with Crippen LogP contribution in [0.5, 0.6) is 0 Å². The number of thioether (sulfide) groups is 1. The third-order valence-corrected chi connectivity index (χ3v) is 4.15. The van der Waals surface area contributed by atoms with Gasteiger partial charge in [0.25, 0.3) is 0 Å². The number of carboxylic acid groups (broad SMARTS) is 1. The predicted molar refractivity (Wildman–Crippen MR) is 68.5 cm³/mol. The highest BCUT2D eigenvalue weighted by molar-refractivity contribution is 8.14. The number of aromatic nitrogens is 1. The molecule has 4 nitrogen and oxygen atoms in total. The van der Waals surface area contributed by atoms with E-state index in [2.05, 4.69) is 9.98 Å². The van der Waals surface area contributed by atoms with E-state index in [-0.39, 0.29) is 6.42 Å². The van der Waals surface area contributed by atoms with E-state index in [0.29, 0.717) is 0 Å². The minimum atomic E-state index is -0.788. The van der Waals surface area contributed by atoms with Crippen LogP contribution in [0.3, 0.4) is 0 Å². The Hall–Kier alpha value is -1.36. The molecule has 17 heavy (non-hydrogen) atoms. The molecule has 5 heteroatoms. The van der Waals surface area contributed by atoms with Gasteiger partial charge in [0.15, 0.2) is 0 Å².